The number of hydrogen-bond acceptors (Lipinski definition) is 3. The molecule has 2 aromatic rings. The molecule has 1 aliphatic heterocycles. The first-order valence-electron chi connectivity index (χ1n) is 7.36. The van der Waals surface area contributed by atoms with Crippen molar-refractivity contribution in [3.05, 3.63) is 53.6 Å². The molecule has 4 nitrogen and oxygen atoms in total. The lowest BCUT2D eigenvalue weighted by atomic mass is 10.0. The summed E-state index contributed by atoms with van der Waals surface area (Å²) in [6.45, 7) is 0.718. The Labute approximate surface area is 130 Å². The number of anilines is 1. The number of rotatable bonds is 3. The van der Waals surface area contributed by atoms with Gasteiger partial charge in [-0.15, -0.1) is 0 Å². The summed E-state index contributed by atoms with van der Waals surface area (Å²) in [5, 5.41) is 0. The summed E-state index contributed by atoms with van der Waals surface area (Å²) in [4.78, 5) is 14.7. The number of nitrogens with zero attached hydrogens (tertiary/aromatic N) is 1. The summed E-state index contributed by atoms with van der Waals surface area (Å²) >= 11 is 0. The van der Waals surface area contributed by atoms with Gasteiger partial charge in [0.15, 0.2) is 0 Å². The quantitative estimate of drug-likeness (QED) is 0.872. The third kappa shape index (κ3) is 2.64. The van der Waals surface area contributed by atoms with Crippen LogP contribution in [-0.2, 0) is 6.42 Å². The lowest BCUT2D eigenvalue weighted by molar-refractivity contribution is 0.0984. The van der Waals surface area contributed by atoms with Crippen molar-refractivity contribution in [3.8, 4) is 11.5 Å². The first-order chi connectivity index (χ1) is 10.7. The van der Waals surface area contributed by atoms with Crippen molar-refractivity contribution in [2.75, 3.05) is 25.7 Å². The van der Waals surface area contributed by atoms with E-state index in [9.17, 15) is 4.79 Å². The second-order valence-corrected chi connectivity index (χ2v) is 5.29. The van der Waals surface area contributed by atoms with E-state index in [1.54, 1.807) is 20.3 Å². The number of carbonyl (C=O) groups is 1. The van der Waals surface area contributed by atoms with Crippen LogP contribution in [0.25, 0.3) is 0 Å². The zero-order valence-corrected chi connectivity index (χ0v) is 12.8. The molecule has 1 amide bonds. The highest BCUT2D eigenvalue weighted by Crippen LogP contribution is 2.32. The molecule has 0 saturated carbocycles. The summed E-state index contributed by atoms with van der Waals surface area (Å²) in [6, 6.07) is 13.2. The molecule has 0 spiro atoms. The Bertz CT molecular complexity index is 696. The van der Waals surface area contributed by atoms with E-state index in [-0.39, 0.29) is 5.91 Å². The van der Waals surface area contributed by atoms with Crippen LogP contribution in [0.5, 0.6) is 11.5 Å². The van der Waals surface area contributed by atoms with Crippen molar-refractivity contribution in [1.82, 2.24) is 0 Å². The molecule has 114 valence electrons. The first kappa shape index (κ1) is 14.4. The molecule has 2 aromatic carbocycles. The van der Waals surface area contributed by atoms with Crippen LogP contribution in [0.4, 0.5) is 5.69 Å². The molecule has 0 fully saturated rings. The maximum absolute atomic E-state index is 12.9. The Kier molecular flexibility index (Phi) is 4.00. The van der Waals surface area contributed by atoms with Crippen LogP contribution in [0, 0.1) is 0 Å². The van der Waals surface area contributed by atoms with Crippen LogP contribution in [0.2, 0.25) is 0 Å². The molecule has 0 bridgehead atoms. The topological polar surface area (TPSA) is 38.8 Å². The van der Waals surface area contributed by atoms with Crippen molar-refractivity contribution in [3.63, 3.8) is 0 Å². The summed E-state index contributed by atoms with van der Waals surface area (Å²) < 4.78 is 10.5. The number of fused-ring (bicyclic) bond motifs is 1. The lowest BCUT2D eigenvalue weighted by Crippen LogP contribution is -2.35. The number of carbonyl (C=O) groups excluding carboxylic acids is 1. The van der Waals surface area contributed by atoms with E-state index < -0.39 is 0 Å². The van der Waals surface area contributed by atoms with E-state index in [1.807, 2.05) is 41.3 Å². The van der Waals surface area contributed by atoms with Crippen LogP contribution in [0.3, 0.4) is 0 Å². The largest absolute Gasteiger partial charge is 0.497 e. The SMILES string of the molecule is COc1cccc(C(=O)N2CCCc3ccc(OC)cc32)c1. The van der Waals surface area contributed by atoms with Crippen LogP contribution < -0.4 is 14.4 Å². The molecule has 0 radical (unpaired) electrons. The highest BCUT2D eigenvalue weighted by atomic mass is 16.5. The van der Waals surface area contributed by atoms with E-state index in [1.165, 1.54) is 5.56 Å². The molecule has 1 aliphatic rings. The predicted octanol–water partition coefficient (Wildman–Crippen LogP) is 3.30. The highest BCUT2D eigenvalue weighted by Gasteiger charge is 2.24. The fourth-order valence-corrected chi connectivity index (χ4v) is 2.80. The van der Waals surface area contributed by atoms with Crippen molar-refractivity contribution < 1.29 is 14.3 Å². The van der Waals surface area contributed by atoms with Gasteiger partial charge < -0.3 is 14.4 Å². The van der Waals surface area contributed by atoms with Crippen molar-refractivity contribution in [2.45, 2.75) is 12.8 Å². The molecular formula is C18H19NO3. The zero-order chi connectivity index (χ0) is 15.5. The Balaban J connectivity index is 1.97. The van der Waals surface area contributed by atoms with Gasteiger partial charge in [-0.1, -0.05) is 12.1 Å². The Morgan fingerprint density at radius 2 is 1.82 bits per heavy atom. The van der Waals surface area contributed by atoms with Crippen LogP contribution in [-0.4, -0.2) is 26.7 Å². The number of aryl methyl sites for hydroxylation is 1. The third-order valence-corrected chi connectivity index (χ3v) is 3.97. The molecule has 0 saturated heterocycles. The molecule has 0 atom stereocenters. The summed E-state index contributed by atoms with van der Waals surface area (Å²) in [5.74, 6) is 1.45. The van der Waals surface area contributed by atoms with Gasteiger partial charge in [-0.25, -0.2) is 0 Å². The van der Waals surface area contributed by atoms with Gasteiger partial charge in [0.2, 0.25) is 0 Å². The van der Waals surface area contributed by atoms with E-state index in [0.717, 1.165) is 30.8 Å². The van der Waals surface area contributed by atoms with E-state index in [4.69, 9.17) is 9.47 Å². The molecular weight excluding hydrogens is 278 g/mol. The van der Waals surface area contributed by atoms with Crippen molar-refractivity contribution >= 4 is 11.6 Å². The summed E-state index contributed by atoms with van der Waals surface area (Å²) in [5.41, 5.74) is 2.76. The number of ether oxygens (including phenoxy) is 2. The molecule has 1 heterocycles. The van der Waals surface area contributed by atoms with E-state index in [2.05, 4.69) is 0 Å². The maximum Gasteiger partial charge on any atom is 0.258 e. The van der Waals surface area contributed by atoms with Gasteiger partial charge in [0.1, 0.15) is 11.5 Å². The fraction of sp³-hybridized carbons (Fsp3) is 0.278. The minimum absolute atomic E-state index is 0.00639. The van der Waals surface area contributed by atoms with Crippen LogP contribution in [0.1, 0.15) is 22.3 Å². The molecule has 0 N–H and O–H groups in total. The summed E-state index contributed by atoms with van der Waals surface area (Å²) in [6.07, 6.45) is 1.95. The molecule has 0 unspecified atom stereocenters. The monoisotopic (exact) mass is 297 g/mol. The normalized spacial score (nSPS) is 13.5. The average Bonchev–Trinajstić information content (AvgIpc) is 2.60. The third-order valence-electron chi connectivity index (χ3n) is 3.97. The van der Waals surface area contributed by atoms with Crippen molar-refractivity contribution in [1.29, 1.82) is 0 Å². The first-order valence-corrected chi connectivity index (χ1v) is 7.36. The summed E-state index contributed by atoms with van der Waals surface area (Å²) in [7, 11) is 3.24. The molecule has 3 rings (SSSR count). The van der Waals surface area contributed by atoms with Gasteiger partial charge in [-0.2, -0.15) is 0 Å². The molecule has 0 aromatic heterocycles. The second-order valence-electron chi connectivity index (χ2n) is 5.29. The van der Waals surface area contributed by atoms with Crippen LogP contribution >= 0.6 is 0 Å². The average molecular weight is 297 g/mol. The zero-order valence-electron chi connectivity index (χ0n) is 12.8. The molecule has 22 heavy (non-hydrogen) atoms. The smallest absolute Gasteiger partial charge is 0.258 e. The lowest BCUT2D eigenvalue weighted by Gasteiger charge is -2.30. The van der Waals surface area contributed by atoms with Crippen LogP contribution in [0.15, 0.2) is 42.5 Å². The molecule has 4 heteroatoms. The number of methoxy groups -OCH3 is 2. The Morgan fingerprint density at radius 3 is 2.59 bits per heavy atom. The highest BCUT2D eigenvalue weighted by molar-refractivity contribution is 6.07. The predicted molar refractivity (Wildman–Crippen MR) is 86.0 cm³/mol. The minimum atomic E-state index is -0.00639. The Morgan fingerprint density at radius 1 is 1.05 bits per heavy atom. The van der Waals surface area contributed by atoms with E-state index >= 15 is 0 Å². The van der Waals surface area contributed by atoms with Gasteiger partial charge in [0.05, 0.1) is 19.9 Å². The standard InChI is InChI=1S/C18H19NO3/c1-21-15-7-3-5-14(11-15)18(20)19-10-4-6-13-8-9-16(22-2)12-17(13)19/h3,5,7-9,11-12H,4,6,10H2,1-2H3. The van der Waals surface area contributed by atoms with Gasteiger partial charge >= 0.3 is 0 Å². The fourth-order valence-electron chi connectivity index (χ4n) is 2.80. The maximum atomic E-state index is 12.9. The molecule has 0 aliphatic carbocycles. The Hall–Kier alpha value is -2.49. The number of benzene rings is 2. The van der Waals surface area contributed by atoms with E-state index in [0.29, 0.717) is 11.3 Å². The van der Waals surface area contributed by atoms with Crippen molar-refractivity contribution in [2.24, 2.45) is 0 Å². The van der Waals surface area contributed by atoms with Gasteiger partial charge in [-0.3, -0.25) is 4.79 Å². The minimum Gasteiger partial charge on any atom is -0.497 e. The number of amides is 1. The second kappa shape index (κ2) is 6.10. The van der Waals surface area contributed by atoms with Gasteiger partial charge in [0, 0.05) is 18.2 Å². The van der Waals surface area contributed by atoms with Gasteiger partial charge in [0.25, 0.3) is 5.91 Å². The van der Waals surface area contributed by atoms with Gasteiger partial charge in [-0.05, 0) is 42.7 Å². The number of hydrogen-bond donors (Lipinski definition) is 0.